The Morgan fingerprint density at radius 2 is 1.78 bits per heavy atom. The zero-order valence-corrected chi connectivity index (χ0v) is 16.5. The largest absolute Gasteiger partial charge is 0.324 e. The molecule has 2 aromatic carbocycles. The van der Waals surface area contributed by atoms with Crippen LogP contribution in [0.4, 0.5) is 10.5 Å². The second-order valence-electron chi connectivity index (χ2n) is 5.59. The Morgan fingerprint density at radius 1 is 1.07 bits per heavy atom. The summed E-state index contributed by atoms with van der Waals surface area (Å²) in [6.45, 7) is -0.328. The fraction of sp³-hybridized carbons (Fsp3) is 0.0500. The van der Waals surface area contributed by atoms with Crippen LogP contribution >= 0.6 is 27.7 Å². The molecule has 1 aliphatic rings. The summed E-state index contributed by atoms with van der Waals surface area (Å²) in [6.07, 6.45) is 5.14. The van der Waals surface area contributed by atoms with Gasteiger partial charge in [0, 0.05) is 4.47 Å². The monoisotopic (exact) mass is 442 g/mol. The maximum Gasteiger partial charge on any atom is 0.294 e. The molecule has 0 radical (unpaired) electrons. The molecule has 0 aromatic heterocycles. The highest BCUT2D eigenvalue weighted by molar-refractivity contribution is 9.10. The third-order valence-electron chi connectivity index (χ3n) is 3.66. The van der Waals surface area contributed by atoms with Crippen LogP contribution < -0.4 is 5.32 Å². The summed E-state index contributed by atoms with van der Waals surface area (Å²) in [5, 5.41) is 2.23. The summed E-state index contributed by atoms with van der Waals surface area (Å²) in [6, 6.07) is 16.7. The lowest BCUT2D eigenvalue weighted by Crippen LogP contribution is -2.36. The number of benzene rings is 2. The maximum absolute atomic E-state index is 12.4. The summed E-state index contributed by atoms with van der Waals surface area (Å²) in [5.74, 6) is -0.907. The maximum atomic E-state index is 12.4. The fourth-order valence-electron chi connectivity index (χ4n) is 2.36. The number of halogens is 1. The molecule has 3 amide bonds. The molecule has 5 nitrogen and oxygen atoms in total. The van der Waals surface area contributed by atoms with Crippen molar-refractivity contribution in [1.29, 1.82) is 0 Å². The Labute approximate surface area is 169 Å². The minimum atomic E-state index is -0.468. The molecule has 0 spiro atoms. The Morgan fingerprint density at radius 3 is 2.52 bits per heavy atom. The number of carbonyl (C=O) groups is 3. The van der Waals surface area contributed by atoms with Crippen molar-refractivity contribution in [2.24, 2.45) is 0 Å². The van der Waals surface area contributed by atoms with Crippen LogP contribution in [-0.4, -0.2) is 28.5 Å². The Hall–Kier alpha value is -2.64. The van der Waals surface area contributed by atoms with E-state index < -0.39 is 17.1 Å². The zero-order chi connectivity index (χ0) is 19.2. The van der Waals surface area contributed by atoms with Crippen LogP contribution in [0.5, 0.6) is 0 Å². The van der Waals surface area contributed by atoms with E-state index in [1.165, 1.54) is 0 Å². The highest BCUT2D eigenvalue weighted by atomic mass is 79.9. The van der Waals surface area contributed by atoms with E-state index in [4.69, 9.17) is 0 Å². The molecule has 0 atom stereocenters. The SMILES string of the molecule is O=C(CN1C(=O)S/C(=C/C=C\c2ccccc2)C1=O)Nc1ccccc1Br. The van der Waals surface area contributed by atoms with Gasteiger partial charge in [-0.2, -0.15) is 0 Å². The number of carbonyl (C=O) groups excluding carboxylic acids is 3. The summed E-state index contributed by atoms with van der Waals surface area (Å²) in [7, 11) is 0. The van der Waals surface area contributed by atoms with E-state index in [2.05, 4.69) is 21.2 Å². The van der Waals surface area contributed by atoms with Crippen molar-refractivity contribution < 1.29 is 14.4 Å². The molecule has 0 aliphatic carbocycles. The van der Waals surface area contributed by atoms with Gasteiger partial charge in [-0.1, -0.05) is 54.6 Å². The number of allylic oxidation sites excluding steroid dienone is 2. The molecule has 136 valence electrons. The van der Waals surface area contributed by atoms with Gasteiger partial charge in [-0.05, 0) is 51.5 Å². The normalized spacial score (nSPS) is 15.7. The number of thioether (sulfide) groups is 1. The number of imide groups is 1. The second kappa shape index (κ2) is 8.83. The number of nitrogens with zero attached hydrogens (tertiary/aromatic N) is 1. The predicted octanol–water partition coefficient (Wildman–Crippen LogP) is 4.68. The lowest BCUT2D eigenvalue weighted by molar-refractivity contribution is -0.127. The zero-order valence-electron chi connectivity index (χ0n) is 14.1. The van der Waals surface area contributed by atoms with Gasteiger partial charge in [0.2, 0.25) is 5.91 Å². The minimum absolute atomic E-state index is 0.292. The van der Waals surface area contributed by atoms with E-state index in [1.54, 1.807) is 30.4 Å². The summed E-state index contributed by atoms with van der Waals surface area (Å²) >= 11 is 4.16. The van der Waals surface area contributed by atoms with Crippen molar-refractivity contribution >= 4 is 56.5 Å². The molecule has 7 heteroatoms. The standard InChI is InChI=1S/C20H15BrN2O3S/c21-15-10-4-5-11-16(15)22-18(24)13-23-19(25)17(27-20(23)26)12-6-9-14-7-2-1-3-8-14/h1-12H,13H2,(H,22,24)/b9-6-,17-12+. The minimum Gasteiger partial charge on any atom is -0.324 e. The number of anilines is 1. The Balaban J connectivity index is 1.63. The molecular weight excluding hydrogens is 428 g/mol. The molecule has 1 heterocycles. The van der Waals surface area contributed by atoms with Crippen molar-refractivity contribution in [3.05, 3.63) is 81.7 Å². The molecule has 0 bridgehead atoms. The Kier molecular flexibility index (Phi) is 6.26. The smallest absolute Gasteiger partial charge is 0.294 e. The summed E-state index contributed by atoms with van der Waals surface area (Å²) < 4.78 is 0.721. The predicted molar refractivity (Wildman–Crippen MR) is 111 cm³/mol. The molecule has 2 aromatic rings. The van der Waals surface area contributed by atoms with Gasteiger partial charge in [0.25, 0.3) is 11.1 Å². The summed E-state index contributed by atoms with van der Waals surface area (Å²) in [4.78, 5) is 37.9. The van der Waals surface area contributed by atoms with Crippen LogP contribution in [0.2, 0.25) is 0 Å². The number of hydrogen-bond donors (Lipinski definition) is 1. The van der Waals surface area contributed by atoms with Crippen LogP contribution in [0.3, 0.4) is 0 Å². The van der Waals surface area contributed by atoms with E-state index in [-0.39, 0.29) is 6.54 Å². The number of para-hydroxylation sites is 1. The van der Waals surface area contributed by atoms with Gasteiger partial charge in [-0.25, -0.2) is 0 Å². The molecular formula is C20H15BrN2O3S. The van der Waals surface area contributed by atoms with Crippen molar-refractivity contribution in [3.8, 4) is 0 Å². The first-order valence-electron chi connectivity index (χ1n) is 8.06. The molecule has 1 saturated heterocycles. The van der Waals surface area contributed by atoms with Crippen molar-refractivity contribution in [3.63, 3.8) is 0 Å². The number of hydrogen-bond acceptors (Lipinski definition) is 4. The third-order valence-corrected chi connectivity index (χ3v) is 5.28. The van der Waals surface area contributed by atoms with Gasteiger partial charge < -0.3 is 5.32 Å². The van der Waals surface area contributed by atoms with E-state index >= 15 is 0 Å². The molecule has 27 heavy (non-hydrogen) atoms. The van der Waals surface area contributed by atoms with Gasteiger partial charge in [0.05, 0.1) is 10.6 Å². The van der Waals surface area contributed by atoms with Gasteiger partial charge in [0.1, 0.15) is 6.54 Å². The number of amides is 3. The quantitative estimate of drug-likeness (QED) is 0.682. The first-order valence-corrected chi connectivity index (χ1v) is 9.67. The molecule has 1 aliphatic heterocycles. The molecule has 1 fully saturated rings. The average molecular weight is 443 g/mol. The Bertz CT molecular complexity index is 941. The number of nitrogens with one attached hydrogen (secondary N) is 1. The van der Waals surface area contributed by atoms with Crippen molar-refractivity contribution in [1.82, 2.24) is 4.90 Å². The van der Waals surface area contributed by atoms with Crippen molar-refractivity contribution in [2.45, 2.75) is 0 Å². The molecule has 3 rings (SSSR count). The highest BCUT2D eigenvalue weighted by Gasteiger charge is 2.36. The lowest BCUT2D eigenvalue weighted by Gasteiger charge is -2.13. The van der Waals surface area contributed by atoms with E-state index in [0.717, 1.165) is 26.7 Å². The van der Waals surface area contributed by atoms with Gasteiger partial charge in [-0.15, -0.1) is 0 Å². The summed E-state index contributed by atoms with van der Waals surface area (Å²) in [5.41, 5.74) is 1.57. The average Bonchev–Trinajstić information content (AvgIpc) is 2.92. The third kappa shape index (κ3) is 4.96. The van der Waals surface area contributed by atoms with Gasteiger partial charge >= 0.3 is 0 Å². The number of rotatable bonds is 5. The topological polar surface area (TPSA) is 66.5 Å². The highest BCUT2D eigenvalue weighted by Crippen LogP contribution is 2.30. The van der Waals surface area contributed by atoms with Crippen LogP contribution in [0.1, 0.15) is 5.56 Å². The van der Waals surface area contributed by atoms with Crippen LogP contribution in [0.25, 0.3) is 6.08 Å². The van der Waals surface area contributed by atoms with E-state index in [9.17, 15) is 14.4 Å². The molecule has 0 saturated carbocycles. The second-order valence-corrected chi connectivity index (χ2v) is 7.44. The first-order chi connectivity index (χ1) is 13.0. The molecule has 1 N–H and O–H groups in total. The van der Waals surface area contributed by atoms with E-state index in [1.807, 2.05) is 42.5 Å². The van der Waals surface area contributed by atoms with Crippen LogP contribution in [-0.2, 0) is 9.59 Å². The van der Waals surface area contributed by atoms with Crippen molar-refractivity contribution in [2.75, 3.05) is 11.9 Å². The van der Waals surface area contributed by atoms with Crippen LogP contribution in [0, 0.1) is 0 Å². The van der Waals surface area contributed by atoms with E-state index in [0.29, 0.717) is 10.6 Å². The first kappa shape index (κ1) is 19.1. The lowest BCUT2D eigenvalue weighted by atomic mass is 10.2. The fourth-order valence-corrected chi connectivity index (χ4v) is 3.53. The van der Waals surface area contributed by atoms with Crippen LogP contribution in [0.15, 0.2) is 76.1 Å². The van der Waals surface area contributed by atoms with Gasteiger partial charge in [0.15, 0.2) is 0 Å². The van der Waals surface area contributed by atoms with Gasteiger partial charge in [-0.3, -0.25) is 19.3 Å². The molecule has 0 unspecified atom stereocenters.